The van der Waals surface area contributed by atoms with Gasteiger partial charge >= 0.3 is 6.03 Å². The number of hydrogen-bond acceptors (Lipinski definition) is 6. The van der Waals surface area contributed by atoms with E-state index >= 15 is 0 Å². The van der Waals surface area contributed by atoms with Gasteiger partial charge in [0.2, 0.25) is 5.91 Å². The summed E-state index contributed by atoms with van der Waals surface area (Å²) >= 11 is 1.81. The third-order valence-corrected chi connectivity index (χ3v) is 9.02. The second kappa shape index (κ2) is 19.1. The van der Waals surface area contributed by atoms with Gasteiger partial charge in [0.1, 0.15) is 5.82 Å². The van der Waals surface area contributed by atoms with Gasteiger partial charge in [0, 0.05) is 38.1 Å². The van der Waals surface area contributed by atoms with E-state index in [2.05, 4.69) is 84.5 Å². The minimum atomic E-state index is -0.392. The first-order chi connectivity index (χ1) is 22.6. The summed E-state index contributed by atoms with van der Waals surface area (Å²) in [7, 11) is 2.17. The Hall–Kier alpha value is -3.89. The van der Waals surface area contributed by atoms with Gasteiger partial charge in [-0.2, -0.15) is 0 Å². The van der Waals surface area contributed by atoms with E-state index in [-0.39, 0.29) is 17.8 Å². The van der Waals surface area contributed by atoms with Crippen LogP contribution in [0.4, 0.5) is 14.9 Å². The number of likely N-dealkylation sites (tertiary alicyclic amines) is 1. The van der Waals surface area contributed by atoms with E-state index in [1.165, 1.54) is 59.6 Å². The molecule has 0 spiro atoms. The number of nitrogens with zero attached hydrogens (tertiary/aromatic N) is 4. The predicted octanol–water partition coefficient (Wildman–Crippen LogP) is 8.10. The zero-order valence-corrected chi connectivity index (χ0v) is 29.8. The number of anilines is 1. The lowest BCUT2D eigenvalue weighted by atomic mass is 10.1. The maximum atomic E-state index is 13.3. The minimum Gasteiger partial charge on any atom is -0.339 e. The van der Waals surface area contributed by atoms with Crippen molar-refractivity contribution in [3.8, 4) is 10.6 Å². The van der Waals surface area contributed by atoms with Crippen molar-refractivity contribution in [3.05, 3.63) is 77.4 Å². The highest BCUT2D eigenvalue weighted by Gasteiger charge is 2.29. The quantitative estimate of drug-likeness (QED) is 0.179. The Morgan fingerprint density at radius 1 is 1.00 bits per heavy atom. The van der Waals surface area contributed by atoms with Gasteiger partial charge in [-0.1, -0.05) is 46.2 Å². The average molecular weight is 663 g/mol. The summed E-state index contributed by atoms with van der Waals surface area (Å²) < 4.78 is 14.6. The van der Waals surface area contributed by atoms with Crippen molar-refractivity contribution < 1.29 is 14.0 Å². The first kappa shape index (κ1) is 37.6. The first-order valence-electron chi connectivity index (χ1n) is 16.7. The maximum absolute atomic E-state index is 13.3. The molecule has 1 saturated heterocycles. The minimum absolute atomic E-state index is 0.000867. The lowest BCUT2D eigenvalue weighted by molar-refractivity contribution is -0.133. The van der Waals surface area contributed by atoms with E-state index in [1.54, 1.807) is 35.3 Å². The van der Waals surface area contributed by atoms with Crippen LogP contribution in [0.25, 0.3) is 20.8 Å². The van der Waals surface area contributed by atoms with E-state index in [0.29, 0.717) is 24.3 Å². The molecule has 1 fully saturated rings. The Morgan fingerprint density at radius 3 is 2.30 bits per heavy atom. The molecule has 0 aliphatic carbocycles. The fourth-order valence-corrected chi connectivity index (χ4v) is 6.22. The number of fused-ring (bicyclic) bond motifs is 1. The average Bonchev–Trinajstić information content (AvgIpc) is 3.47. The summed E-state index contributed by atoms with van der Waals surface area (Å²) in [5.74, 6) is -0.358. The van der Waals surface area contributed by atoms with Crippen molar-refractivity contribution in [2.45, 2.75) is 79.7 Å². The number of carbonyl (C=O) groups excluding carboxylic acids is 2. The second-order valence-electron chi connectivity index (χ2n) is 11.9. The maximum Gasteiger partial charge on any atom is 0.319 e. The number of rotatable bonds is 10. The number of hydrogen-bond donors (Lipinski definition) is 2. The van der Waals surface area contributed by atoms with Gasteiger partial charge in [0.15, 0.2) is 0 Å². The molecule has 0 bridgehead atoms. The van der Waals surface area contributed by atoms with Crippen molar-refractivity contribution in [1.29, 1.82) is 0 Å². The molecule has 2 N–H and O–H groups in total. The Labute approximate surface area is 283 Å². The Kier molecular flexibility index (Phi) is 15.2. The number of halogens is 1. The van der Waals surface area contributed by atoms with Crippen LogP contribution in [-0.4, -0.2) is 71.0 Å². The standard InChI is InChI=1S/C17H18N2S.C13H16FN3O2.C7H17N/c1-3-5-13-8-9-18-15-10-16(20-17(13)15)14-7-6-12(4-2)11-19-14;1-8-3-4-10(5-12(8)14)15-13(19)16-11-6-17(7-11)9(2)18;1-4-6-8(3)7-5-2/h6-11H,3-5H2,1-2H3;3-5,11H,6-7H2,1-2H3,(H2,15,16,19);4-7H2,1-3H3. The summed E-state index contributed by atoms with van der Waals surface area (Å²) in [5.41, 5.74) is 5.76. The van der Waals surface area contributed by atoms with Crippen LogP contribution in [0.3, 0.4) is 0 Å². The molecule has 1 aliphatic heterocycles. The van der Waals surface area contributed by atoms with Crippen molar-refractivity contribution in [1.82, 2.24) is 25.1 Å². The van der Waals surface area contributed by atoms with Gasteiger partial charge in [0.05, 0.1) is 26.8 Å². The van der Waals surface area contributed by atoms with Crippen LogP contribution < -0.4 is 10.6 Å². The van der Waals surface area contributed by atoms with Gasteiger partial charge in [-0.3, -0.25) is 14.8 Å². The van der Waals surface area contributed by atoms with Gasteiger partial charge in [0.25, 0.3) is 0 Å². The van der Waals surface area contributed by atoms with Crippen LogP contribution in [0, 0.1) is 12.7 Å². The molecule has 47 heavy (non-hydrogen) atoms. The molecule has 3 amide bonds. The first-order valence-corrected chi connectivity index (χ1v) is 17.5. The third kappa shape index (κ3) is 11.7. The number of nitrogens with one attached hydrogen (secondary N) is 2. The van der Waals surface area contributed by atoms with Gasteiger partial charge < -0.3 is 20.4 Å². The van der Waals surface area contributed by atoms with Crippen molar-refractivity contribution >= 4 is 39.2 Å². The topological polar surface area (TPSA) is 90.5 Å². The molecule has 0 unspecified atom stereocenters. The van der Waals surface area contributed by atoms with E-state index in [1.807, 2.05) is 12.4 Å². The van der Waals surface area contributed by atoms with Gasteiger partial charge in [-0.15, -0.1) is 11.3 Å². The molecule has 5 rings (SSSR count). The summed E-state index contributed by atoms with van der Waals surface area (Å²) in [5, 5.41) is 5.28. The number of thiophene rings is 1. The number of pyridine rings is 2. The van der Waals surface area contributed by atoms with Crippen molar-refractivity contribution in [2.24, 2.45) is 0 Å². The highest BCUT2D eigenvalue weighted by Crippen LogP contribution is 2.34. The molecule has 3 aromatic heterocycles. The van der Waals surface area contributed by atoms with Gasteiger partial charge in [-0.05, 0) is 99.8 Å². The van der Waals surface area contributed by atoms with Crippen molar-refractivity contribution in [2.75, 3.05) is 38.5 Å². The van der Waals surface area contributed by atoms with Crippen LogP contribution in [-0.2, 0) is 17.6 Å². The van der Waals surface area contributed by atoms with Crippen LogP contribution in [0.5, 0.6) is 0 Å². The fraction of sp³-hybridized carbons (Fsp3) is 0.459. The van der Waals surface area contributed by atoms with E-state index < -0.39 is 6.03 Å². The Bertz CT molecular complexity index is 1560. The highest BCUT2D eigenvalue weighted by molar-refractivity contribution is 7.22. The van der Waals surface area contributed by atoms with Crippen molar-refractivity contribution in [3.63, 3.8) is 0 Å². The van der Waals surface area contributed by atoms with Gasteiger partial charge in [-0.25, -0.2) is 9.18 Å². The van der Waals surface area contributed by atoms with Crippen LogP contribution >= 0.6 is 11.3 Å². The molecular weight excluding hydrogens is 612 g/mol. The molecule has 4 heterocycles. The van der Waals surface area contributed by atoms with E-state index in [0.717, 1.165) is 30.5 Å². The number of carbonyl (C=O) groups is 2. The van der Waals surface area contributed by atoms with E-state index in [9.17, 15) is 14.0 Å². The largest absolute Gasteiger partial charge is 0.339 e. The molecule has 1 aliphatic rings. The molecular formula is C37H51FN6O2S. The predicted molar refractivity (Wildman–Crippen MR) is 194 cm³/mol. The molecule has 10 heteroatoms. The zero-order chi connectivity index (χ0) is 34.3. The molecule has 254 valence electrons. The molecule has 0 atom stereocenters. The Morgan fingerprint density at radius 2 is 1.72 bits per heavy atom. The number of urea groups is 1. The summed E-state index contributed by atoms with van der Waals surface area (Å²) in [6.07, 6.45) is 9.74. The summed E-state index contributed by atoms with van der Waals surface area (Å²) in [4.78, 5) is 36.9. The monoisotopic (exact) mass is 662 g/mol. The normalized spacial score (nSPS) is 12.5. The fourth-order valence-electron chi connectivity index (χ4n) is 5.09. The summed E-state index contributed by atoms with van der Waals surface area (Å²) in [6, 6.07) is 12.7. The number of aromatic nitrogens is 2. The summed E-state index contributed by atoms with van der Waals surface area (Å²) in [6.45, 7) is 15.5. The number of amides is 3. The lowest BCUT2D eigenvalue weighted by Gasteiger charge is -2.38. The Balaban J connectivity index is 0.000000209. The highest BCUT2D eigenvalue weighted by atomic mass is 32.1. The number of aryl methyl sites for hydroxylation is 3. The molecule has 4 aromatic rings. The van der Waals surface area contributed by atoms with Crippen LogP contribution in [0.1, 0.15) is 70.6 Å². The molecule has 0 radical (unpaired) electrons. The SMILES string of the molecule is CC(=O)N1CC(NC(=O)Nc2ccc(C)c(F)c2)C1.CCCN(C)CCC.CCCc1ccnc2cc(-c3ccc(CC)cn3)sc12. The van der Waals surface area contributed by atoms with Crippen LogP contribution in [0.2, 0.25) is 0 Å². The van der Waals surface area contributed by atoms with E-state index in [4.69, 9.17) is 0 Å². The molecule has 0 saturated carbocycles. The third-order valence-electron chi connectivity index (χ3n) is 7.80. The molecule has 8 nitrogen and oxygen atoms in total. The lowest BCUT2D eigenvalue weighted by Crippen LogP contribution is -2.61. The van der Waals surface area contributed by atoms with Crippen LogP contribution in [0.15, 0.2) is 54.9 Å². The zero-order valence-electron chi connectivity index (χ0n) is 29.0. The number of benzene rings is 1. The second-order valence-corrected chi connectivity index (χ2v) is 13.0. The molecule has 1 aromatic carbocycles. The smallest absolute Gasteiger partial charge is 0.319 e.